The lowest BCUT2D eigenvalue weighted by Gasteiger charge is -2.00. The van der Waals surface area contributed by atoms with E-state index in [1.165, 1.54) is 21.6 Å². The Balaban J connectivity index is 2.02. The first-order chi connectivity index (χ1) is 9.86. The van der Waals surface area contributed by atoms with E-state index in [2.05, 4.69) is 33.6 Å². The number of rotatable bonds is 2. The van der Waals surface area contributed by atoms with Crippen LogP contribution in [-0.2, 0) is 0 Å². The SMILES string of the molecule is COc1ccc2[nH]cc(-c3nsc4ccccc34)c2c1. The molecule has 0 saturated heterocycles. The van der Waals surface area contributed by atoms with Crippen molar-refractivity contribution in [1.82, 2.24) is 9.36 Å². The van der Waals surface area contributed by atoms with Gasteiger partial charge in [-0.1, -0.05) is 18.2 Å². The summed E-state index contributed by atoms with van der Waals surface area (Å²) in [6, 6.07) is 14.4. The molecule has 1 N–H and O–H groups in total. The molecule has 0 unspecified atom stereocenters. The normalized spacial score (nSPS) is 11.2. The zero-order chi connectivity index (χ0) is 13.5. The number of nitrogens with zero attached hydrogens (tertiary/aromatic N) is 1. The van der Waals surface area contributed by atoms with Crippen LogP contribution in [0.1, 0.15) is 0 Å². The summed E-state index contributed by atoms with van der Waals surface area (Å²) in [7, 11) is 1.69. The van der Waals surface area contributed by atoms with Gasteiger partial charge < -0.3 is 9.72 Å². The molecule has 0 aliphatic heterocycles. The second kappa shape index (κ2) is 4.35. The molecule has 0 aliphatic carbocycles. The van der Waals surface area contributed by atoms with Gasteiger partial charge in [-0.25, -0.2) is 0 Å². The molecular weight excluding hydrogens is 268 g/mol. The van der Waals surface area contributed by atoms with E-state index in [1.807, 2.05) is 24.4 Å². The predicted octanol–water partition coefficient (Wildman–Crippen LogP) is 4.45. The molecule has 0 radical (unpaired) electrons. The average molecular weight is 280 g/mol. The largest absolute Gasteiger partial charge is 0.497 e. The number of nitrogens with one attached hydrogen (secondary N) is 1. The van der Waals surface area contributed by atoms with Gasteiger partial charge in [-0.2, -0.15) is 4.37 Å². The van der Waals surface area contributed by atoms with Gasteiger partial charge in [-0.05, 0) is 35.8 Å². The summed E-state index contributed by atoms with van der Waals surface area (Å²) in [5.74, 6) is 0.859. The van der Waals surface area contributed by atoms with E-state index in [0.29, 0.717) is 0 Å². The maximum Gasteiger partial charge on any atom is 0.119 e. The van der Waals surface area contributed by atoms with E-state index < -0.39 is 0 Å². The van der Waals surface area contributed by atoms with Gasteiger partial charge >= 0.3 is 0 Å². The minimum atomic E-state index is 0.859. The number of benzene rings is 2. The number of aromatic nitrogens is 2. The first-order valence-corrected chi connectivity index (χ1v) is 7.14. The van der Waals surface area contributed by atoms with Crippen molar-refractivity contribution in [1.29, 1.82) is 0 Å². The molecule has 4 aromatic rings. The highest BCUT2D eigenvalue weighted by Gasteiger charge is 2.13. The molecule has 2 aromatic heterocycles. The summed E-state index contributed by atoms with van der Waals surface area (Å²) in [4.78, 5) is 3.30. The molecule has 4 heteroatoms. The minimum absolute atomic E-state index is 0.859. The molecule has 4 rings (SSSR count). The minimum Gasteiger partial charge on any atom is -0.497 e. The molecule has 3 nitrogen and oxygen atoms in total. The van der Waals surface area contributed by atoms with Crippen LogP contribution in [0, 0.1) is 0 Å². The Morgan fingerprint density at radius 3 is 2.90 bits per heavy atom. The number of hydrogen-bond acceptors (Lipinski definition) is 3. The summed E-state index contributed by atoms with van der Waals surface area (Å²) >= 11 is 1.54. The number of H-pyrrole nitrogens is 1. The lowest BCUT2D eigenvalue weighted by Crippen LogP contribution is -1.82. The fourth-order valence-corrected chi connectivity index (χ4v) is 3.29. The lowest BCUT2D eigenvalue weighted by atomic mass is 10.1. The molecule has 2 aromatic carbocycles. The summed E-state index contributed by atoms with van der Waals surface area (Å²) in [6.45, 7) is 0. The summed E-state index contributed by atoms with van der Waals surface area (Å²) < 4.78 is 11.2. The molecule has 98 valence electrons. The molecular formula is C16H12N2OS. The Bertz CT molecular complexity index is 907. The molecule has 0 bridgehead atoms. The van der Waals surface area contributed by atoms with E-state index in [0.717, 1.165) is 27.9 Å². The van der Waals surface area contributed by atoms with Gasteiger partial charge in [-0.15, -0.1) is 0 Å². The highest BCUT2D eigenvalue weighted by atomic mass is 32.1. The second-order valence-corrected chi connectivity index (χ2v) is 5.45. The van der Waals surface area contributed by atoms with E-state index in [4.69, 9.17) is 4.74 Å². The molecule has 0 fully saturated rings. The van der Waals surface area contributed by atoms with Crippen molar-refractivity contribution in [3.8, 4) is 17.0 Å². The average Bonchev–Trinajstić information content (AvgIpc) is 3.09. The van der Waals surface area contributed by atoms with E-state index in [1.54, 1.807) is 7.11 Å². The first-order valence-electron chi connectivity index (χ1n) is 6.37. The molecule has 0 aliphatic rings. The third kappa shape index (κ3) is 1.62. The Morgan fingerprint density at radius 2 is 2.00 bits per heavy atom. The quantitative estimate of drug-likeness (QED) is 0.589. The van der Waals surface area contributed by atoms with Crippen LogP contribution >= 0.6 is 11.5 Å². The molecule has 0 amide bonds. The van der Waals surface area contributed by atoms with Crippen molar-refractivity contribution < 1.29 is 4.74 Å². The zero-order valence-corrected chi connectivity index (χ0v) is 11.7. The van der Waals surface area contributed by atoms with E-state index >= 15 is 0 Å². The van der Waals surface area contributed by atoms with Crippen LogP contribution in [0.5, 0.6) is 5.75 Å². The maximum atomic E-state index is 5.32. The Labute approximate surface area is 120 Å². The third-order valence-electron chi connectivity index (χ3n) is 3.52. The number of hydrogen-bond donors (Lipinski definition) is 1. The van der Waals surface area contributed by atoms with Crippen LogP contribution in [0.3, 0.4) is 0 Å². The standard InChI is InChI=1S/C16H12N2OS/c1-19-10-6-7-14-12(8-10)13(9-17-14)16-11-4-2-3-5-15(11)20-18-16/h2-9,17H,1H3. The van der Waals surface area contributed by atoms with Gasteiger partial charge in [0.05, 0.1) is 17.5 Å². The van der Waals surface area contributed by atoms with Crippen LogP contribution < -0.4 is 4.74 Å². The predicted molar refractivity (Wildman–Crippen MR) is 83.5 cm³/mol. The highest BCUT2D eigenvalue weighted by molar-refractivity contribution is 7.13. The molecule has 0 atom stereocenters. The fourth-order valence-electron chi connectivity index (χ4n) is 2.50. The van der Waals surface area contributed by atoms with E-state index in [-0.39, 0.29) is 0 Å². The van der Waals surface area contributed by atoms with Crippen LogP contribution in [0.25, 0.3) is 32.2 Å². The first kappa shape index (κ1) is 11.5. The van der Waals surface area contributed by atoms with Gasteiger partial charge in [0, 0.05) is 28.0 Å². The van der Waals surface area contributed by atoms with Crippen LogP contribution in [-0.4, -0.2) is 16.5 Å². The number of fused-ring (bicyclic) bond motifs is 2. The smallest absolute Gasteiger partial charge is 0.119 e. The topological polar surface area (TPSA) is 37.9 Å². The monoisotopic (exact) mass is 280 g/mol. The van der Waals surface area contributed by atoms with Crippen molar-refractivity contribution in [2.24, 2.45) is 0 Å². The van der Waals surface area contributed by atoms with Crippen LogP contribution in [0.2, 0.25) is 0 Å². The molecule has 0 saturated carbocycles. The second-order valence-electron chi connectivity index (χ2n) is 4.64. The number of methoxy groups -OCH3 is 1. The number of aromatic amines is 1. The zero-order valence-electron chi connectivity index (χ0n) is 10.9. The molecule has 2 heterocycles. The van der Waals surface area contributed by atoms with E-state index in [9.17, 15) is 0 Å². The van der Waals surface area contributed by atoms with Crippen LogP contribution in [0.15, 0.2) is 48.7 Å². The summed E-state index contributed by atoms with van der Waals surface area (Å²) in [5, 5.41) is 2.33. The van der Waals surface area contributed by atoms with Crippen LogP contribution in [0.4, 0.5) is 0 Å². The number of ether oxygens (including phenoxy) is 1. The van der Waals surface area contributed by atoms with Crippen molar-refractivity contribution >= 4 is 32.5 Å². The Hall–Kier alpha value is -2.33. The van der Waals surface area contributed by atoms with Crippen molar-refractivity contribution in [3.63, 3.8) is 0 Å². The maximum absolute atomic E-state index is 5.32. The van der Waals surface area contributed by atoms with Gasteiger partial charge in [0.2, 0.25) is 0 Å². The Morgan fingerprint density at radius 1 is 1.10 bits per heavy atom. The molecule has 20 heavy (non-hydrogen) atoms. The summed E-state index contributed by atoms with van der Waals surface area (Å²) in [6.07, 6.45) is 2.02. The Kier molecular flexibility index (Phi) is 2.50. The van der Waals surface area contributed by atoms with Gasteiger partial charge in [0.25, 0.3) is 0 Å². The van der Waals surface area contributed by atoms with Crippen molar-refractivity contribution in [2.45, 2.75) is 0 Å². The van der Waals surface area contributed by atoms with Gasteiger partial charge in [-0.3, -0.25) is 0 Å². The summed E-state index contributed by atoms with van der Waals surface area (Å²) in [5.41, 5.74) is 3.25. The highest BCUT2D eigenvalue weighted by Crippen LogP contribution is 2.36. The van der Waals surface area contributed by atoms with Crippen molar-refractivity contribution in [2.75, 3.05) is 7.11 Å². The third-order valence-corrected chi connectivity index (χ3v) is 4.35. The van der Waals surface area contributed by atoms with Crippen molar-refractivity contribution in [3.05, 3.63) is 48.7 Å². The molecule has 0 spiro atoms. The lowest BCUT2D eigenvalue weighted by molar-refractivity contribution is 0.415. The fraction of sp³-hybridized carbons (Fsp3) is 0.0625. The van der Waals surface area contributed by atoms with Gasteiger partial charge in [0.1, 0.15) is 5.75 Å². The van der Waals surface area contributed by atoms with Gasteiger partial charge in [0.15, 0.2) is 0 Å².